The van der Waals surface area contributed by atoms with Gasteiger partial charge >= 0.3 is 0 Å². The van der Waals surface area contributed by atoms with Gasteiger partial charge in [0.25, 0.3) is 0 Å². The molecule has 1 saturated carbocycles. The second-order valence-corrected chi connectivity index (χ2v) is 6.18. The molecule has 5 rings (SSSR count). The average Bonchev–Trinajstić information content (AvgIpc) is 3.03. The monoisotopic (exact) mass is 269 g/mol. The number of H-pyrrole nitrogens is 1. The van der Waals surface area contributed by atoms with E-state index >= 15 is 0 Å². The van der Waals surface area contributed by atoms with E-state index in [1.807, 2.05) is 12.3 Å². The summed E-state index contributed by atoms with van der Waals surface area (Å²) in [5.41, 5.74) is 8.35. The van der Waals surface area contributed by atoms with Crippen LogP contribution in [-0.2, 0) is 12.8 Å². The number of aromatic amines is 1. The Morgan fingerprint density at radius 2 is 2.21 bits per heavy atom. The molecule has 3 aliphatic rings. The lowest BCUT2D eigenvalue weighted by molar-refractivity contribution is 0.927. The van der Waals surface area contributed by atoms with Gasteiger partial charge < -0.3 is 10.4 Å². The smallest absolute Gasteiger partial charge is 0.129 e. The van der Waals surface area contributed by atoms with E-state index in [9.17, 15) is 0 Å². The molecule has 1 fully saturated rings. The fourth-order valence-corrected chi connectivity index (χ4v) is 3.95. The summed E-state index contributed by atoms with van der Waals surface area (Å²) < 4.78 is 0. The van der Waals surface area contributed by atoms with Crippen molar-refractivity contribution >= 4 is 17.3 Å². The van der Waals surface area contributed by atoms with Crippen molar-refractivity contribution in [1.82, 2.24) is 9.97 Å². The minimum Gasteiger partial charge on any atom is -0.357 e. The molecule has 2 aromatic heterocycles. The molecule has 0 aromatic carbocycles. The summed E-state index contributed by atoms with van der Waals surface area (Å²) in [6.45, 7) is 0. The van der Waals surface area contributed by atoms with Gasteiger partial charge in [-0.1, -0.05) is 11.6 Å². The van der Waals surface area contributed by atoms with Crippen molar-refractivity contribution in [3.05, 3.63) is 39.8 Å². The van der Waals surface area contributed by atoms with E-state index in [4.69, 9.17) is 17.0 Å². The summed E-state index contributed by atoms with van der Waals surface area (Å²) in [5.74, 6) is 1.10. The molecule has 0 aliphatic heterocycles. The first-order valence-electron chi connectivity index (χ1n) is 6.72. The molecule has 0 bridgehead atoms. The molecule has 0 spiro atoms. The zero-order chi connectivity index (χ0) is 12.7. The van der Waals surface area contributed by atoms with Crippen molar-refractivity contribution in [2.45, 2.75) is 25.2 Å². The van der Waals surface area contributed by atoms with Crippen LogP contribution in [0.15, 0.2) is 12.3 Å². The lowest BCUT2D eigenvalue weighted by atomic mass is 9.88. The third kappa shape index (κ3) is 1.15. The van der Waals surface area contributed by atoms with E-state index in [1.165, 1.54) is 33.6 Å². The highest BCUT2D eigenvalue weighted by Crippen LogP contribution is 2.58. The van der Waals surface area contributed by atoms with Crippen LogP contribution in [0.25, 0.3) is 11.3 Å². The molecule has 3 aliphatic carbocycles. The molecule has 3 nitrogen and oxygen atoms in total. The van der Waals surface area contributed by atoms with Gasteiger partial charge in [0.1, 0.15) is 5.15 Å². The van der Waals surface area contributed by atoms with Crippen molar-refractivity contribution in [1.29, 1.82) is 5.41 Å². The first kappa shape index (κ1) is 10.2. The number of halogens is 1. The normalized spacial score (nSPS) is 25.6. The van der Waals surface area contributed by atoms with E-state index in [0.717, 1.165) is 25.0 Å². The van der Waals surface area contributed by atoms with Gasteiger partial charge in [0, 0.05) is 46.3 Å². The van der Waals surface area contributed by atoms with E-state index in [0.29, 0.717) is 17.0 Å². The molecule has 0 saturated heterocycles. The van der Waals surface area contributed by atoms with Crippen molar-refractivity contribution in [2.75, 3.05) is 0 Å². The van der Waals surface area contributed by atoms with E-state index in [2.05, 4.69) is 9.97 Å². The summed E-state index contributed by atoms with van der Waals surface area (Å²) in [6.07, 6.45) is 5.06. The zero-order valence-corrected chi connectivity index (χ0v) is 11.0. The molecule has 2 heterocycles. The van der Waals surface area contributed by atoms with Crippen LogP contribution >= 0.6 is 11.6 Å². The summed E-state index contributed by atoms with van der Waals surface area (Å²) in [5, 5.41) is 8.85. The zero-order valence-electron chi connectivity index (χ0n) is 10.3. The summed E-state index contributed by atoms with van der Waals surface area (Å²) in [4.78, 5) is 7.77. The summed E-state index contributed by atoms with van der Waals surface area (Å²) in [7, 11) is 0. The number of fused-ring (bicyclic) bond motifs is 7. The highest BCUT2D eigenvalue weighted by molar-refractivity contribution is 6.29. The molecule has 19 heavy (non-hydrogen) atoms. The number of nitrogens with one attached hydrogen (secondary N) is 2. The van der Waals surface area contributed by atoms with Crippen molar-refractivity contribution in [3.63, 3.8) is 0 Å². The SMILES string of the molecule is N=C1c2c([nH]c3c2CCc2cnc(Cl)cc2-3)C2CC12. The van der Waals surface area contributed by atoms with Crippen molar-refractivity contribution in [2.24, 2.45) is 5.92 Å². The maximum absolute atomic E-state index is 8.30. The first-order valence-corrected chi connectivity index (χ1v) is 7.10. The van der Waals surface area contributed by atoms with Crippen LogP contribution in [-0.4, -0.2) is 15.7 Å². The minimum absolute atomic E-state index is 0.508. The molecule has 2 N–H and O–H groups in total. The minimum atomic E-state index is 0.508. The molecular weight excluding hydrogens is 258 g/mol. The van der Waals surface area contributed by atoms with Gasteiger partial charge in [0.05, 0.1) is 0 Å². The number of rotatable bonds is 0. The fourth-order valence-electron chi connectivity index (χ4n) is 3.79. The van der Waals surface area contributed by atoms with Gasteiger partial charge in [-0.25, -0.2) is 4.98 Å². The Morgan fingerprint density at radius 1 is 1.32 bits per heavy atom. The van der Waals surface area contributed by atoms with Crippen LogP contribution in [0.1, 0.15) is 34.7 Å². The first-order chi connectivity index (χ1) is 9.24. The maximum atomic E-state index is 8.30. The largest absolute Gasteiger partial charge is 0.357 e. The summed E-state index contributed by atoms with van der Waals surface area (Å²) >= 11 is 6.04. The average molecular weight is 270 g/mol. The lowest BCUT2D eigenvalue weighted by Crippen LogP contribution is -2.08. The van der Waals surface area contributed by atoms with Crippen molar-refractivity contribution in [3.8, 4) is 11.3 Å². The van der Waals surface area contributed by atoms with E-state index in [1.54, 1.807) is 0 Å². The quantitative estimate of drug-likeness (QED) is 0.708. The van der Waals surface area contributed by atoms with Crippen LogP contribution in [0, 0.1) is 11.3 Å². The second kappa shape index (κ2) is 3.10. The topological polar surface area (TPSA) is 52.5 Å². The standard InChI is InChI=1S/C15H12ClN3/c16-11-4-8-6(5-18-11)1-2-7-12-13(17)9-3-10(9)15(12)19-14(7)8/h4-5,9-10,17,19H,1-3H2. The number of hydrogen-bond acceptors (Lipinski definition) is 2. The number of pyridine rings is 1. The maximum Gasteiger partial charge on any atom is 0.129 e. The predicted octanol–water partition coefficient (Wildman–Crippen LogP) is 3.31. The number of hydrogen-bond donors (Lipinski definition) is 2. The van der Waals surface area contributed by atoms with Gasteiger partial charge in [0.2, 0.25) is 0 Å². The van der Waals surface area contributed by atoms with Gasteiger partial charge in [-0.3, -0.25) is 0 Å². The Bertz CT molecular complexity index is 759. The van der Waals surface area contributed by atoms with Gasteiger partial charge in [0.15, 0.2) is 0 Å². The number of aromatic nitrogens is 2. The van der Waals surface area contributed by atoms with Gasteiger partial charge in [-0.2, -0.15) is 0 Å². The molecule has 94 valence electrons. The third-order valence-electron chi connectivity index (χ3n) is 4.80. The number of aryl methyl sites for hydroxylation is 1. The second-order valence-electron chi connectivity index (χ2n) is 5.79. The van der Waals surface area contributed by atoms with Gasteiger partial charge in [-0.05, 0) is 36.5 Å². The highest BCUT2D eigenvalue weighted by Gasteiger charge is 2.52. The number of nitrogens with zero attached hydrogens (tertiary/aromatic N) is 1. The predicted molar refractivity (Wildman–Crippen MR) is 74.1 cm³/mol. The van der Waals surface area contributed by atoms with Crippen molar-refractivity contribution < 1.29 is 0 Å². The molecule has 4 heteroatoms. The van der Waals surface area contributed by atoms with Crippen LogP contribution in [0.4, 0.5) is 0 Å². The van der Waals surface area contributed by atoms with E-state index in [-0.39, 0.29) is 0 Å². The summed E-state index contributed by atoms with van der Waals surface area (Å²) in [6, 6.07) is 1.95. The Balaban J connectivity index is 1.80. The Hall–Kier alpha value is -1.61. The lowest BCUT2D eigenvalue weighted by Gasteiger charge is -2.17. The molecule has 0 radical (unpaired) electrons. The Kier molecular flexibility index (Phi) is 1.67. The van der Waals surface area contributed by atoms with E-state index < -0.39 is 0 Å². The van der Waals surface area contributed by atoms with Crippen LogP contribution in [0.3, 0.4) is 0 Å². The Labute approximate surface area is 115 Å². The molecule has 2 atom stereocenters. The molecule has 2 unspecified atom stereocenters. The molecule has 2 aromatic rings. The fraction of sp³-hybridized carbons (Fsp3) is 0.333. The van der Waals surface area contributed by atoms with Crippen LogP contribution < -0.4 is 0 Å². The van der Waals surface area contributed by atoms with Crippen LogP contribution in [0.5, 0.6) is 0 Å². The van der Waals surface area contributed by atoms with Crippen LogP contribution in [0.2, 0.25) is 5.15 Å². The molecular formula is C15H12ClN3. The molecule has 0 amide bonds. The highest BCUT2D eigenvalue weighted by atomic mass is 35.5. The van der Waals surface area contributed by atoms with Gasteiger partial charge in [-0.15, -0.1) is 0 Å². The Morgan fingerprint density at radius 3 is 3.11 bits per heavy atom. The third-order valence-corrected chi connectivity index (χ3v) is 5.01.